The van der Waals surface area contributed by atoms with Crippen molar-refractivity contribution in [1.29, 1.82) is 0 Å². The van der Waals surface area contributed by atoms with Gasteiger partial charge in [-0.1, -0.05) is 0 Å². The molecule has 3 nitrogen and oxygen atoms in total. The van der Waals surface area contributed by atoms with Gasteiger partial charge in [-0.2, -0.15) is 0 Å². The van der Waals surface area contributed by atoms with E-state index in [9.17, 15) is 0 Å². The fraction of sp³-hybridized carbons (Fsp3) is 0.400. The topological polar surface area (TPSA) is 50.4 Å². The summed E-state index contributed by atoms with van der Waals surface area (Å²) in [6, 6.07) is 0. The van der Waals surface area contributed by atoms with E-state index in [1.54, 1.807) is 0 Å². The summed E-state index contributed by atoms with van der Waals surface area (Å²) in [7, 11) is 0. The van der Waals surface area contributed by atoms with Crippen LogP contribution in [-0.4, -0.2) is 12.5 Å². The molecule has 3 heteroatoms. The maximum atomic E-state index is 5.36. The minimum atomic E-state index is 0.612. The monoisotopic (exact) mass is 111 g/mol. The highest BCUT2D eigenvalue weighted by molar-refractivity contribution is 5.92. The van der Waals surface area contributed by atoms with Crippen LogP contribution in [0.1, 0.15) is 6.92 Å². The Morgan fingerprint density at radius 3 is 3.00 bits per heavy atom. The van der Waals surface area contributed by atoms with Gasteiger partial charge >= 0.3 is 0 Å². The Kier molecular flexibility index (Phi) is 1.20. The standard InChI is InChI=1S/C5H9N3/c1-4-2-5(6)8-3-7-4/h2,7H,3H2,1H3,(H2,6,8). The van der Waals surface area contributed by atoms with Gasteiger partial charge in [0.1, 0.15) is 12.5 Å². The van der Waals surface area contributed by atoms with Crippen molar-refractivity contribution >= 4 is 5.84 Å². The van der Waals surface area contributed by atoms with E-state index < -0.39 is 0 Å². The lowest BCUT2D eigenvalue weighted by Gasteiger charge is -2.07. The molecular weight excluding hydrogens is 102 g/mol. The average molecular weight is 111 g/mol. The Balaban J connectivity index is 2.69. The molecule has 44 valence electrons. The van der Waals surface area contributed by atoms with Crippen LogP contribution in [0.3, 0.4) is 0 Å². The minimum absolute atomic E-state index is 0.612. The second kappa shape index (κ2) is 1.86. The SMILES string of the molecule is CC1=CC(N)=NCN1. The van der Waals surface area contributed by atoms with Crippen LogP contribution in [0.4, 0.5) is 0 Å². The third kappa shape index (κ3) is 0.992. The number of nitrogens with zero attached hydrogens (tertiary/aromatic N) is 1. The highest BCUT2D eigenvalue weighted by atomic mass is 15.1. The van der Waals surface area contributed by atoms with Crippen LogP contribution in [0.15, 0.2) is 16.8 Å². The van der Waals surface area contributed by atoms with E-state index in [0.29, 0.717) is 12.5 Å². The molecule has 1 heterocycles. The van der Waals surface area contributed by atoms with Crippen molar-refractivity contribution in [2.24, 2.45) is 10.7 Å². The summed E-state index contributed by atoms with van der Waals surface area (Å²) in [5.41, 5.74) is 6.44. The molecular formula is C5H9N3. The normalized spacial score (nSPS) is 18.6. The molecule has 0 atom stereocenters. The van der Waals surface area contributed by atoms with Gasteiger partial charge in [0.25, 0.3) is 0 Å². The molecule has 0 aliphatic carbocycles. The fourth-order valence-electron chi connectivity index (χ4n) is 0.574. The third-order valence-corrected chi connectivity index (χ3v) is 0.984. The quantitative estimate of drug-likeness (QED) is 0.455. The Labute approximate surface area is 48.3 Å². The highest BCUT2D eigenvalue weighted by Gasteiger charge is 1.94. The number of hydrogen-bond acceptors (Lipinski definition) is 3. The van der Waals surface area contributed by atoms with E-state index in [1.165, 1.54) is 0 Å². The van der Waals surface area contributed by atoms with Crippen molar-refractivity contribution in [1.82, 2.24) is 5.32 Å². The summed E-state index contributed by atoms with van der Waals surface area (Å²) in [4.78, 5) is 3.89. The van der Waals surface area contributed by atoms with E-state index in [1.807, 2.05) is 13.0 Å². The second-order valence-corrected chi connectivity index (χ2v) is 1.75. The van der Waals surface area contributed by atoms with Crippen LogP contribution in [-0.2, 0) is 0 Å². The van der Waals surface area contributed by atoms with Gasteiger partial charge in [0.05, 0.1) is 0 Å². The minimum Gasteiger partial charge on any atom is -0.384 e. The van der Waals surface area contributed by atoms with Gasteiger partial charge < -0.3 is 11.1 Å². The van der Waals surface area contributed by atoms with E-state index in [0.717, 1.165) is 5.70 Å². The molecule has 8 heavy (non-hydrogen) atoms. The van der Waals surface area contributed by atoms with Crippen LogP contribution < -0.4 is 11.1 Å². The van der Waals surface area contributed by atoms with Gasteiger partial charge in [-0.3, -0.25) is 0 Å². The molecule has 0 amide bonds. The van der Waals surface area contributed by atoms with Crippen molar-refractivity contribution in [2.45, 2.75) is 6.92 Å². The lowest BCUT2D eigenvalue weighted by atomic mass is 10.4. The number of amidine groups is 1. The van der Waals surface area contributed by atoms with Crippen LogP contribution in [0, 0.1) is 0 Å². The van der Waals surface area contributed by atoms with Crippen molar-refractivity contribution in [2.75, 3.05) is 6.67 Å². The highest BCUT2D eigenvalue weighted by Crippen LogP contribution is 1.90. The predicted octanol–water partition coefficient (Wildman–Crippen LogP) is -0.192. The summed E-state index contributed by atoms with van der Waals surface area (Å²) in [5.74, 6) is 0.612. The van der Waals surface area contributed by atoms with Crippen LogP contribution in [0.25, 0.3) is 0 Å². The number of allylic oxidation sites excluding steroid dienone is 1. The van der Waals surface area contributed by atoms with Gasteiger partial charge in [0.15, 0.2) is 0 Å². The molecule has 0 saturated carbocycles. The smallest absolute Gasteiger partial charge is 0.122 e. The van der Waals surface area contributed by atoms with Crippen LogP contribution in [0.2, 0.25) is 0 Å². The van der Waals surface area contributed by atoms with Gasteiger partial charge in [-0.15, -0.1) is 0 Å². The summed E-state index contributed by atoms with van der Waals surface area (Å²) in [5, 5.41) is 3.01. The zero-order valence-electron chi connectivity index (χ0n) is 4.81. The molecule has 0 aromatic heterocycles. The maximum Gasteiger partial charge on any atom is 0.122 e. The molecule has 1 aliphatic heterocycles. The first-order valence-electron chi connectivity index (χ1n) is 2.51. The van der Waals surface area contributed by atoms with E-state index >= 15 is 0 Å². The molecule has 0 unspecified atom stereocenters. The Hall–Kier alpha value is -0.990. The molecule has 0 aromatic carbocycles. The van der Waals surface area contributed by atoms with Crippen molar-refractivity contribution < 1.29 is 0 Å². The van der Waals surface area contributed by atoms with Crippen LogP contribution >= 0.6 is 0 Å². The number of hydrogen-bond donors (Lipinski definition) is 2. The molecule has 0 aromatic rings. The second-order valence-electron chi connectivity index (χ2n) is 1.75. The van der Waals surface area contributed by atoms with Crippen molar-refractivity contribution in [3.63, 3.8) is 0 Å². The summed E-state index contributed by atoms with van der Waals surface area (Å²) >= 11 is 0. The summed E-state index contributed by atoms with van der Waals surface area (Å²) in [6.07, 6.45) is 1.81. The van der Waals surface area contributed by atoms with E-state index in [4.69, 9.17) is 5.73 Å². The largest absolute Gasteiger partial charge is 0.384 e. The number of nitrogens with one attached hydrogen (secondary N) is 1. The molecule has 0 spiro atoms. The molecule has 0 bridgehead atoms. The molecule has 3 N–H and O–H groups in total. The molecule has 0 fully saturated rings. The lowest BCUT2D eigenvalue weighted by molar-refractivity contribution is 0.814. The number of aliphatic imine (C=N–C) groups is 1. The zero-order chi connectivity index (χ0) is 5.98. The predicted molar refractivity (Wildman–Crippen MR) is 33.4 cm³/mol. The maximum absolute atomic E-state index is 5.36. The first-order valence-corrected chi connectivity index (χ1v) is 2.51. The fourth-order valence-corrected chi connectivity index (χ4v) is 0.574. The number of nitrogens with two attached hydrogens (primary N) is 1. The Morgan fingerprint density at radius 2 is 2.62 bits per heavy atom. The van der Waals surface area contributed by atoms with Gasteiger partial charge in [0, 0.05) is 5.70 Å². The number of rotatable bonds is 0. The van der Waals surface area contributed by atoms with Gasteiger partial charge in [-0.25, -0.2) is 4.99 Å². The Morgan fingerprint density at radius 1 is 1.88 bits per heavy atom. The molecule has 0 saturated heterocycles. The Bertz CT molecular complexity index is 146. The third-order valence-electron chi connectivity index (χ3n) is 0.984. The van der Waals surface area contributed by atoms with E-state index in [-0.39, 0.29) is 0 Å². The molecule has 1 aliphatic rings. The van der Waals surface area contributed by atoms with E-state index in [2.05, 4.69) is 10.3 Å². The van der Waals surface area contributed by atoms with Gasteiger partial charge in [-0.05, 0) is 13.0 Å². The van der Waals surface area contributed by atoms with Gasteiger partial charge in [0.2, 0.25) is 0 Å². The summed E-state index contributed by atoms with van der Waals surface area (Å²) in [6.45, 7) is 2.58. The van der Waals surface area contributed by atoms with Crippen LogP contribution in [0.5, 0.6) is 0 Å². The van der Waals surface area contributed by atoms with Crippen molar-refractivity contribution in [3.05, 3.63) is 11.8 Å². The zero-order valence-corrected chi connectivity index (χ0v) is 4.81. The average Bonchev–Trinajstić information content (AvgIpc) is 1.64. The lowest BCUT2D eigenvalue weighted by Crippen LogP contribution is -2.22. The first-order chi connectivity index (χ1) is 3.79. The molecule has 0 radical (unpaired) electrons. The molecule has 1 rings (SSSR count). The first kappa shape index (κ1) is 5.15. The van der Waals surface area contributed by atoms with Crippen molar-refractivity contribution in [3.8, 4) is 0 Å². The summed E-state index contributed by atoms with van der Waals surface area (Å²) < 4.78 is 0.